The zero-order valence-corrected chi connectivity index (χ0v) is 19.3. The minimum absolute atomic E-state index is 0.0724. The number of hydrogen-bond donors (Lipinski definition) is 0. The van der Waals surface area contributed by atoms with Crippen molar-refractivity contribution in [1.29, 1.82) is 0 Å². The second kappa shape index (κ2) is 5.49. The minimum atomic E-state index is -0.167. The molecule has 0 aromatic carbocycles. The molecule has 1 heterocycles. The van der Waals surface area contributed by atoms with Gasteiger partial charge in [-0.05, 0) is 66.9 Å². The SMILES string of the molecule is O=C1C=C2C=CC3(I)C(CCC45COC(=O)C=C[C@@H]4C4CC4C35)C2(I)CC1. The van der Waals surface area contributed by atoms with E-state index in [0.717, 1.165) is 31.1 Å². The molecule has 3 nitrogen and oxygen atoms in total. The highest BCUT2D eigenvalue weighted by atomic mass is 127. The van der Waals surface area contributed by atoms with Gasteiger partial charge in [0.2, 0.25) is 0 Å². The number of esters is 1. The Morgan fingerprint density at radius 1 is 1.11 bits per heavy atom. The summed E-state index contributed by atoms with van der Waals surface area (Å²) in [5.74, 6) is 3.21. The lowest BCUT2D eigenvalue weighted by Crippen LogP contribution is -2.61. The van der Waals surface area contributed by atoms with Crippen LogP contribution >= 0.6 is 45.2 Å². The molecule has 0 aromatic rings. The van der Waals surface area contributed by atoms with Crippen molar-refractivity contribution in [3.8, 4) is 0 Å². The maximum Gasteiger partial charge on any atom is 0.330 e. The van der Waals surface area contributed by atoms with Crippen LogP contribution in [0, 0.1) is 35.0 Å². The highest BCUT2D eigenvalue weighted by Gasteiger charge is 2.75. The number of hydrogen-bond acceptors (Lipinski definition) is 3. The average Bonchev–Trinajstić information content (AvgIpc) is 3.37. The van der Waals surface area contributed by atoms with Gasteiger partial charge in [0.25, 0.3) is 0 Å². The van der Waals surface area contributed by atoms with Gasteiger partial charge < -0.3 is 4.74 Å². The first-order valence-electron chi connectivity index (χ1n) is 10.1. The summed E-state index contributed by atoms with van der Waals surface area (Å²) >= 11 is 5.44. The molecule has 1 aliphatic heterocycles. The lowest BCUT2D eigenvalue weighted by molar-refractivity contribution is -0.144. The molecule has 0 radical (unpaired) electrons. The van der Waals surface area contributed by atoms with E-state index in [4.69, 9.17) is 4.74 Å². The van der Waals surface area contributed by atoms with Crippen LogP contribution in [-0.4, -0.2) is 25.2 Å². The quantitative estimate of drug-likeness (QED) is 0.237. The van der Waals surface area contributed by atoms with Crippen molar-refractivity contribution in [2.75, 3.05) is 6.61 Å². The molecule has 27 heavy (non-hydrogen) atoms. The van der Waals surface area contributed by atoms with Crippen LogP contribution in [0.4, 0.5) is 0 Å². The maximum atomic E-state index is 12.0. The summed E-state index contributed by atoms with van der Waals surface area (Å²) in [6.07, 6.45) is 15.7. The first-order chi connectivity index (χ1) is 12.9. The van der Waals surface area contributed by atoms with Gasteiger partial charge in [-0.3, -0.25) is 4.79 Å². The van der Waals surface area contributed by atoms with Gasteiger partial charge in [0.15, 0.2) is 5.78 Å². The van der Waals surface area contributed by atoms with Crippen molar-refractivity contribution >= 4 is 56.9 Å². The molecular formula is C22H22I2O3. The highest BCUT2D eigenvalue weighted by molar-refractivity contribution is 14.1. The van der Waals surface area contributed by atoms with Gasteiger partial charge in [0, 0.05) is 21.3 Å². The van der Waals surface area contributed by atoms with E-state index in [2.05, 4.69) is 63.4 Å². The summed E-state index contributed by atoms with van der Waals surface area (Å²) in [6.45, 7) is 0.585. The summed E-state index contributed by atoms with van der Waals surface area (Å²) in [4.78, 5) is 24.0. The van der Waals surface area contributed by atoms with Crippen molar-refractivity contribution in [2.45, 2.75) is 38.9 Å². The molecule has 5 aliphatic carbocycles. The normalized spacial score (nSPS) is 54.6. The summed E-state index contributed by atoms with van der Waals surface area (Å²) in [5, 5.41) is 0. The number of ketones is 1. The Morgan fingerprint density at radius 2 is 1.96 bits per heavy atom. The van der Waals surface area contributed by atoms with Crippen molar-refractivity contribution in [3.05, 3.63) is 36.0 Å². The van der Waals surface area contributed by atoms with Crippen molar-refractivity contribution < 1.29 is 14.3 Å². The number of alkyl halides is 2. The van der Waals surface area contributed by atoms with Crippen molar-refractivity contribution in [2.24, 2.45) is 35.0 Å². The first-order valence-corrected chi connectivity index (χ1v) is 12.2. The molecule has 6 rings (SSSR count). The second-order valence-electron chi connectivity index (χ2n) is 9.45. The fourth-order valence-corrected chi connectivity index (χ4v) is 11.6. The Balaban J connectivity index is 1.49. The summed E-state index contributed by atoms with van der Waals surface area (Å²) in [7, 11) is 0. The van der Waals surface area contributed by atoms with E-state index in [-0.39, 0.29) is 24.0 Å². The van der Waals surface area contributed by atoms with Gasteiger partial charge in [0.1, 0.15) is 0 Å². The molecule has 7 unspecified atom stereocenters. The lowest BCUT2D eigenvalue weighted by Gasteiger charge is -2.60. The molecule has 3 saturated carbocycles. The molecule has 6 aliphatic rings. The number of allylic oxidation sites excluding steroid dienone is 5. The number of carbonyl (C=O) groups is 2. The Labute approximate surface area is 186 Å². The van der Waals surface area contributed by atoms with Crippen LogP contribution in [-0.2, 0) is 14.3 Å². The third kappa shape index (κ3) is 2.14. The van der Waals surface area contributed by atoms with Crippen molar-refractivity contribution in [3.63, 3.8) is 0 Å². The number of carbonyl (C=O) groups excluding carboxylic acids is 2. The molecule has 0 amide bonds. The molecule has 0 aromatic heterocycles. The summed E-state index contributed by atoms with van der Waals surface area (Å²) < 4.78 is 5.87. The number of fused-ring (bicyclic) bond motifs is 7. The summed E-state index contributed by atoms with van der Waals surface area (Å²) in [6, 6.07) is 0. The molecule has 5 heteroatoms. The third-order valence-electron chi connectivity index (χ3n) is 8.50. The van der Waals surface area contributed by atoms with E-state index >= 15 is 0 Å². The molecule has 142 valence electrons. The number of ether oxygens (including phenoxy) is 1. The molecule has 8 atom stereocenters. The topological polar surface area (TPSA) is 43.4 Å². The van der Waals surface area contributed by atoms with E-state index in [1.165, 1.54) is 12.0 Å². The fraction of sp³-hybridized carbons (Fsp3) is 0.636. The Hall–Kier alpha value is -0.180. The standard InChI is InChI=1S/C22H22I2O3/c23-21-8-4-13(25)9-12(21)3-7-22(24)17(21)5-6-20-11-27-18(26)2-1-16(20)14-10-15(14)19(20)22/h1-3,7,9,14-17,19H,4-6,8,10-11H2/t14?,15?,16-,17?,19?,20?,21?,22?/m1/s1. The van der Waals surface area contributed by atoms with Crippen molar-refractivity contribution in [1.82, 2.24) is 0 Å². The monoisotopic (exact) mass is 588 g/mol. The molecular weight excluding hydrogens is 566 g/mol. The first kappa shape index (κ1) is 17.7. The van der Waals surface area contributed by atoms with E-state index in [0.29, 0.717) is 30.8 Å². The average molecular weight is 588 g/mol. The van der Waals surface area contributed by atoms with E-state index < -0.39 is 0 Å². The minimum Gasteiger partial charge on any atom is -0.462 e. The van der Waals surface area contributed by atoms with E-state index in [1.807, 2.05) is 6.08 Å². The predicted octanol–water partition coefficient (Wildman–Crippen LogP) is 4.58. The lowest BCUT2D eigenvalue weighted by atomic mass is 9.51. The largest absolute Gasteiger partial charge is 0.462 e. The molecule has 1 spiro atoms. The van der Waals surface area contributed by atoms with Gasteiger partial charge >= 0.3 is 5.97 Å². The van der Waals surface area contributed by atoms with Gasteiger partial charge in [-0.2, -0.15) is 0 Å². The Kier molecular flexibility index (Phi) is 3.59. The van der Waals surface area contributed by atoms with Crippen LogP contribution in [0.5, 0.6) is 0 Å². The van der Waals surface area contributed by atoms with Crippen LogP contribution in [0.25, 0.3) is 0 Å². The molecule has 3 fully saturated rings. The zero-order chi connectivity index (χ0) is 18.6. The molecule has 0 saturated heterocycles. The summed E-state index contributed by atoms with van der Waals surface area (Å²) in [5.41, 5.74) is 1.35. The van der Waals surface area contributed by atoms with E-state index in [1.54, 1.807) is 6.08 Å². The highest BCUT2D eigenvalue weighted by Crippen LogP contribution is 2.78. The number of rotatable bonds is 0. The van der Waals surface area contributed by atoms with Crippen LogP contribution in [0.3, 0.4) is 0 Å². The number of halogens is 2. The zero-order valence-electron chi connectivity index (χ0n) is 15.0. The van der Waals surface area contributed by atoms with Gasteiger partial charge in [-0.1, -0.05) is 63.4 Å². The van der Waals surface area contributed by atoms with Crippen LogP contribution < -0.4 is 0 Å². The third-order valence-corrected chi connectivity index (χ3v) is 12.2. The second-order valence-corrected chi connectivity index (χ2v) is 13.2. The Bertz CT molecular complexity index is 860. The fourth-order valence-electron chi connectivity index (χ4n) is 7.46. The number of cyclic esters (lactones) is 1. The van der Waals surface area contributed by atoms with Gasteiger partial charge in [-0.15, -0.1) is 0 Å². The van der Waals surface area contributed by atoms with E-state index in [9.17, 15) is 9.59 Å². The Morgan fingerprint density at radius 3 is 2.81 bits per heavy atom. The van der Waals surface area contributed by atoms with Crippen LogP contribution in [0.2, 0.25) is 0 Å². The smallest absolute Gasteiger partial charge is 0.330 e. The maximum absolute atomic E-state index is 12.0. The van der Waals surface area contributed by atoms with Crippen LogP contribution in [0.1, 0.15) is 32.1 Å². The molecule has 0 N–H and O–H groups in total. The van der Waals surface area contributed by atoms with Gasteiger partial charge in [-0.25, -0.2) is 4.79 Å². The van der Waals surface area contributed by atoms with Gasteiger partial charge in [0.05, 0.1) is 10.0 Å². The van der Waals surface area contributed by atoms with Crippen LogP contribution in [0.15, 0.2) is 36.0 Å². The predicted molar refractivity (Wildman–Crippen MR) is 119 cm³/mol. The molecule has 0 bridgehead atoms.